The number of ether oxygens (including phenoxy) is 6. The van der Waals surface area contributed by atoms with Gasteiger partial charge in [-0.2, -0.15) is 0 Å². The number of nitrogens with zero attached hydrogens (tertiary/aromatic N) is 11. The molecule has 0 saturated carbocycles. The molecule has 5 aromatic heterocycles. The zero-order valence-electron chi connectivity index (χ0n) is 69.8. The summed E-state index contributed by atoms with van der Waals surface area (Å²) in [5, 5.41) is 78.3. The van der Waals surface area contributed by atoms with Gasteiger partial charge in [0.1, 0.15) is 57.2 Å². The Labute approximate surface area is 785 Å². The summed E-state index contributed by atoms with van der Waals surface area (Å²) < 4.78 is 37.2. The zero-order chi connectivity index (χ0) is 93.9. The largest absolute Gasteiger partial charge is 0.508 e. The van der Waals surface area contributed by atoms with E-state index in [1.807, 2.05) is 79.7 Å². The molecule has 0 radical (unpaired) electrons. The van der Waals surface area contributed by atoms with E-state index in [0.717, 1.165) is 65.8 Å². The van der Waals surface area contributed by atoms with E-state index in [4.69, 9.17) is 58.0 Å². The summed E-state index contributed by atoms with van der Waals surface area (Å²) in [6, 6.07) is 51.0. The number of aromatic hydroxyl groups is 1. The third-order valence-electron chi connectivity index (χ3n) is 17.1. The van der Waals surface area contributed by atoms with Gasteiger partial charge in [-0.25, -0.2) is 24.9 Å². The van der Waals surface area contributed by atoms with Crippen LogP contribution in [0.25, 0.3) is 51.1 Å². The number of nitro groups is 5. The second-order valence-corrected chi connectivity index (χ2v) is 33.0. The fourth-order valence-corrected chi connectivity index (χ4v) is 16.1. The Morgan fingerprint density at radius 1 is 0.431 bits per heavy atom. The van der Waals surface area contributed by atoms with Gasteiger partial charge < -0.3 is 59.7 Å². The predicted octanol–water partition coefficient (Wildman–Crippen LogP) is 20.2. The van der Waals surface area contributed by atoms with Crippen LogP contribution in [0.5, 0.6) is 28.7 Å². The smallest absolute Gasteiger partial charge is 0.294 e. The lowest BCUT2D eigenvalue weighted by Gasteiger charge is -2.10. The quantitative estimate of drug-likeness (QED) is 0.00691. The summed E-state index contributed by atoms with van der Waals surface area (Å²) in [7, 11) is 12.8. The molecule has 662 valence electrons. The third kappa shape index (κ3) is 28.4. The molecule has 0 aliphatic heterocycles. The van der Waals surface area contributed by atoms with Crippen LogP contribution in [0.2, 0.25) is 0 Å². The fourth-order valence-electron chi connectivity index (χ4n) is 11.0. The number of carbonyl (C=O) groups is 1. The van der Waals surface area contributed by atoms with Crippen molar-refractivity contribution in [2.45, 2.75) is 6.92 Å². The highest BCUT2D eigenvalue weighted by atomic mass is 127. The average molecular weight is 2000 g/mol. The van der Waals surface area contributed by atoms with Crippen LogP contribution in [-0.2, 0) is 14.3 Å². The molecule has 0 bridgehead atoms. The van der Waals surface area contributed by atoms with Crippen molar-refractivity contribution in [3.63, 3.8) is 0 Å². The van der Waals surface area contributed by atoms with Crippen LogP contribution in [0.1, 0.15) is 54.8 Å². The number of fused-ring (bicyclic) bond motifs is 5. The number of methoxy groups -OCH3 is 3. The molecule has 0 atom stereocenters. The van der Waals surface area contributed by atoms with Crippen molar-refractivity contribution in [3.8, 4) is 88.5 Å². The van der Waals surface area contributed by atoms with Crippen LogP contribution in [0.4, 0.5) is 56.9 Å². The number of phenols is 1. The van der Waals surface area contributed by atoms with Gasteiger partial charge in [-0.3, -0.25) is 55.4 Å². The Kier molecular flexibility index (Phi) is 37.7. The van der Waals surface area contributed by atoms with Crippen LogP contribution < -0.4 is 45.1 Å². The van der Waals surface area contributed by atoms with Crippen LogP contribution in [0, 0.1) is 113 Å². The lowest BCUT2D eigenvalue weighted by atomic mass is 10.1. The van der Waals surface area contributed by atoms with Gasteiger partial charge in [0.05, 0.1) is 95.3 Å². The number of halogens is 3. The molecule has 0 spiro atoms. The third-order valence-corrected chi connectivity index (χ3v) is 22.5. The van der Waals surface area contributed by atoms with Gasteiger partial charge in [0, 0.05) is 107 Å². The molecule has 0 fully saturated rings. The van der Waals surface area contributed by atoms with E-state index in [0.29, 0.717) is 95.1 Å². The number of alkyl halides is 2. The Bertz CT molecular complexity index is 6980. The van der Waals surface area contributed by atoms with Gasteiger partial charge in [-0.1, -0.05) is 29.6 Å². The van der Waals surface area contributed by atoms with Gasteiger partial charge in [0.15, 0.2) is 36.6 Å². The summed E-state index contributed by atoms with van der Waals surface area (Å²) in [5.41, 5.74) is 8.68. The monoisotopic (exact) mass is 2000 g/mol. The van der Waals surface area contributed by atoms with E-state index in [2.05, 4.69) is 122 Å². The molecule has 130 heavy (non-hydrogen) atoms. The van der Waals surface area contributed by atoms with E-state index in [1.165, 1.54) is 93.5 Å². The predicted molar refractivity (Wildman–Crippen MR) is 522 cm³/mol. The number of nitro benzene ring substituents is 5. The van der Waals surface area contributed by atoms with Gasteiger partial charge in [0.2, 0.25) is 6.41 Å². The van der Waals surface area contributed by atoms with Crippen molar-refractivity contribution < 1.29 is 62.9 Å². The number of benzene rings is 10. The number of hydrogen-bond donors (Lipinski definition) is 5. The van der Waals surface area contributed by atoms with E-state index in [1.54, 1.807) is 134 Å². The first-order chi connectivity index (χ1) is 62.7. The van der Waals surface area contributed by atoms with Gasteiger partial charge in [0.25, 0.3) is 28.4 Å². The molecule has 0 aliphatic carbocycles. The molecule has 15 aromatic rings. The fraction of sp³-hybridized carbons (Fsp3) is 0.146. The van der Waals surface area contributed by atoms with E-state index < -0.39 is 24.6 Å². The number of carbonyl (C=O) groups excluding carboxylic acids is 1. The molecule has 1 amide bonds. The first-order valence-corrected chi connectivity index (χ1v) is 43.7. The maximum absolute atomic E-state index is 11.3. The first kappa shape index (κ1) is 99.1. The molecule has 15 rings (SSSR count). The van der Waals surface area contributed by atoms with Crippen LogP contribution in [0.3, 0.4) is 0 Å². The molecule has 0 unspecified atom stereocenters. The topological polar surface area (TPSA) is 424 Å². The van der Waals surface area contributed by atoms with Crippen molar-refractivity contribution in [3.05, 3.63) is 283 Å². The maximum atomic E-state index is 11.3. The Hall–Kier alpha value is -14.7. The highest BCUT2D eigenvalue weighted by Crippen LogP contribution is 2.35. The van der Waals surface area contributed by atoms with E-state index in [-0.39, 0.29) is 58.8 Å². The number of anilines is 5. The summed E-state index contributed by atoms with van der Waals surface area (Å²) >= 11 is 19.1. The van der Waals surface area contributed by atoms with Crippen molar-refractivity contribution >= 4 is 217 Å². The molecular formula is C89H72Cl2IN15O18S5. The van der Waals surface area contributed by atoms with Gasteiger partial charge in [-0.15, -0.1) is 86.3 Å². The number of aromatic nitrogens is 5. The molecular weight excluding hydrogens is 1930 g/mol. The van der Waals surface area contributed by atoms with Crippen molar-refractivity contribution in [2.24, 2.45) is 0 Å². The molecule has 41 heteroatoms. The van der Waals surface area contributed by atoms with E-state index in [9.17, 15) is 60.5 Å². The molecule has 5 N–H and O–H groups in total. The van der Waals surface area contributed by atoms with Crippen LogP contribution in [0.15, 0.2) is 182 Å². The molecule has 10 aromatic carbocycles. The summed E-state index contributed by atoms with van der Waals surface area (Å²) in [6.07, 6.45) is 5.63. The number of hydrogen-bond acceptors (Lipinski definition) is 32. The molecule has 33 nitrogen and oxygen atoms in total. The lowest BCUT2D eigenvalue weighted by Crippen LogP contribution is -2.15. The molecule has 0 saturated heterocycles. The highest BCUT2D eigenvalue weighted by Gasteiger charge is 2.20. The van der Waals surface area contributed by atoms with Gasteiger partial charge >= 0.3 is 0 Å². The number of rotatable bonds is 20. The zero-order valence-corrected chi connectivity index (χ0v) is 77.5. The van der Waals surface area contributed by atoms with Crippen LogP contribution >= 0.6 is 102 Å². The Morgan fingerprint density at radius 3 is 1.08 bits per heavy atom. The summed E-state index contributed by atoms with van der Waals surface area (Å²) in [6.45, 7) is 2.83. The van der Waals surface area contributed by atoms with Crippen molar-refractivity contribution in [1.29, 1.82) is 0 Å². The SMILES string of the molecule is C#Cc1ccc(NC)c([N+](=O)[O-])c1.CCOCOc1ccc2nc(C#Cc3ccc(N(C)C=O)c([N+](=O)[O-])c3)sc2c1.CNc1ccc(C#Cc2nc3ccc(O)cc3s2)cc1[N+](=O)[O-].CNc1ccc(C#Cc2nc3ccc(OC)cc3s2)cc1[N+](=O)[O-].CNc1ccc(C#Cc2nc3ccc(OCOC)cc3s2)cc1[N+](=O)[O-].COc1ccc2nc(I)sc2c1.ClCCl. The number of nitrogens with one attached hydrogen (secondary N) is 4. The second kappa shape index (κ2) is 49.5. The Balaban J connectivity index is 0.000000178. The summed E-state index contributed by atoms with van der Waals surface area (Å²) in [4.78, 5) is 86.8. The van der Waals surface area contributed by atoms with Crippen molar-refractivity contribution in [2.75, 3.05) is 108 Å². The average Bonchev–Trinajstić information content (AvgIpc) is 1.80. The minimum absolute atomic E-state index is 0.00154. The highest BCUT2D eigenvalue weighted by molar-refractivity contribution is 14.1. The Morgan fingerprint density at radius 2 is 0.738 bits per heavy atom. The number of terminal acetylenes is 1. The minimum atomic E-state index is -0.540. The van der Waals surface area contributed by atoms with Crippen molar-refractivity contribution in [1.82, 2.24) is 24.9 Å². The maximum Gasteiger partial charge on any atom is 0.294 e. The summed E-state index contributed by atoms with van der Waals surface area (Å²) in [5.74, 6) is 29.0. The second-order valence-electron chi connectivity index (χ2n) is 25.3. The lowest BCUT2D eigenvalue weighted by molar-refractivity contribution is -0.384. The first-order valence-electron chi connectivity index (χ1n) is 37.4. The number of amides is 1. The molecule has 5 heterocycles. The minimum Gasteiger partial charge on any atom is -0.508 e. The normalized spacial score (nSPS) is 9.99. The van der Waals surface area contributed by atoms with Gasteiger partial charge in [-0.05, 0) is 205 Å². The number of phenolic OH excluding ortho intramolecular Hbond substituents is 1. The standard InChI is InChI=1S/C20H17N3O5S.C18H15N3O4S.C17H13N3O3S.C16H11N3O3S.C9H8N2O2.C8H6INOS.CH2Cl2/c1-3-27-13-28-15-6-7-16-19(11-15)29-20(21-16)9-5-14-4-8-17(22(2)12-24)18(10-14)23(25)26;1-19-14-6-3-12(9-16(14)21(22)23)4-8-18-20-15-7-5-13(25-11-24-2)10-17(15)26-18;1-18-13-6-3-11(9-15(13)20(21)22)4-8-17-19-14-7-5-12(23-2)10-16(14)24-17;1-17-12-5-2-10(8-14(12)19(21)22)3-7-16-18-13-6-4-11(20)9-15(13)23-16;1-3-7-4-5-8(10-2)9(6-7)11(12)13;1-11-5-2-3-6-7(4-5)12-8(9)10-6;2-1-3/h4,6-8,10-12H,3,13H2,1-2H3;3,5-7,9-10,19H,11H2,1-2H3;3,5-7,9-10,18H,1-2H3;2,4-6,8-9,17,20H,1H3;1,4-6,10H,2H3;2-4H,1H3;1H2. The van der Waals surface area contributed by atoms with Crippen LogP contribution in [-0.4, -0.2) is 143 Å². The number of thiazole rings is 5. The molecule has 0 aliphatic rings. The van der Waals surface area contributed by atoms with E-state index >= 15 is 0 Å².